The number of urea groups is 1. The van der Waals surface area contributed by atoms with Gasteiger partial charge in [-0.2, -0.15) is 5.10 Å². The number of hydrogen-bond donors (Lipinski definition) is 3. The third-order valence-corrected chi connectivity index (χ3v) is 2.67. The van der Waals surface area contributed by atoms with Gasteiger partial charge in [-0.25, -0.2) is 4.79 Å². The number of anilines is 2. The Labute approximate surface area is 125 Å². The van der Waals surface area contributed by atoms with Crippen molar-refractivity contribution in [2.45, 2.75) is 13.8 Å². The SMILES string of the molecule is CCOc1ccc([N+](=O)[O-])cc1NC(=O)Nc1cc(C)[nH]n1. The molecule has 2 aromatic rings. The van der Waals surface area contributed by atoms with E-state index in [4.69, 9.17) is 4.74 Å². The lowest BCUT2D eigenvalue weighted by atomic mass is 10.2. The predicted molar refractivity (Wildman–Crippen MR) is 80.2 cm³/mol. The van der Waals surface area contributed by atoms with E-state index in [2.05, 4.69) is 20.8 Å². The standard InChI is InChI=1S/C13H15N5O4/c1-3-22-11-5-4-9(18(20)21)7-10(11)14-13(19)15-12-6-8(2)16-17-12/h4-7H,3H2,1-2H3,(H3,14,15,16,17,19). The number of H-pyrrole nitrogens is 1. The van der Waals surface area contributed by atoms with Gasteiger partial charge in [0.2, 0.25) is 0 Å². The molecule has 0 saturated heterocycles. The molecule has 0 unspecified atom stereocenters. The van der Waals surface area contributed by atoms with Crippen LogP contribution in [0.15, 0.2) is 24.3 Å². The van der Waals surface area contributed by atoms with E-state index in [-0.39, 0.29) is 11.4 Å². The highest BCUT2D eigenvalue weighted by atomic mass is 16.6. The molecule has 9 nitrogen and oxygen atoms in total. The van der Waals surface area contributed by atoms with Crippen molar-refractivity contribution in [1.29, 1.82) is 0 Å². The van der Waals surface area contributed by atoms with Gasteiger partial charge in [-0.1, -0.05) is 0 Å². The molecule has 9 heteroatoms. The second-order valence-electron chi connectivity index (χ2n) is 4.39. The van der Waals surface area contributed by atoms with Crippen LogP contribution in [0, 0.1) is 17.0 Å². The van der Waals surface area contributed by atoms with Crippen LogP contribution in [-0.2, 0) is 0 Å². The third-order valence-electron chi connectivity index (χ3n) is 2.67. The summed E-state index contributed by atoms with van der Waals surface area (Å²) < 4.78 is 5.34. The van der Waals surface area contributed by atoms with Crippen molar-refractivity contribution < 1.29 is 14.5 Å². The number of nitro groups is 1. The number of benzene rings is 1. The topological polar surface area (TPSA) is 122 Å². The zero-order valence-electron chi connectivity index (χ0n) is 12.0. The summed E-state index contributed by atoms with van der Waals surface area (Å²) in [6, 6.07) is 5.06. The van der Waals surface area contributed by atoms with Gasteiger partial charge >= 0.3 is 6.03 Å². The summed E-state index contributed by atoms with van der Waals surface area (Å²) in [5.41, 5.74) is 0.857. The van der Waals surface area contributed by atoms with E-state index >= 15 is 0 Å². The van der Waals surface area contributed by atoms with Crippen molar-refractivity contribution in [3.63, 3.8) is 0 Å². The summed E-state index contributed by atoms with van der Waals surface area (Å²) >= 11 is 0. The Balaban J connectivity index is 2.16. The zero-order chi connectivity index (χ0) is 16.1. The Morgan fingerprint density at radius 2 is 2.18 bits per heavy atom. The average Bonchev–Trinajstić information content (AvgIpc) is 2.85. The van der Waals surface area contributed by atoms with Crippen molar-refractivity contribution in [2.75, 3.05) is 17.2 Å². The molecule has 116 valence electrons. The van der Waals surface area contributed by atoms with E-state index in [0.29, 0.717) is 18.2 Å². The van der Waals surface area contributed by atoms with E-state index < -0.39 is 11.0 Å². The van der Waals surface area contributed by atoms with Gasteiger partial charge in [0.25, 0.3) is 5.69 Å². The normalized spacial score (nSPS) is 10.1. The van der Waals surface area contributed by atoms with Gasteiger partial charge < -0.3 is 10.1 Å². The first kappa shape index (κ1) is 15.3. The summed E-state index contributed by atoms with van der Waals surface area (Å²) in [6.45, 7) is 3.94. The minimum Gasteiger partial charge on any atom is -0.492 e. The number of nitro benzene ring substituents is 1. The molecule has 0 saturated carbocycles. The maximum Gasteiger partial charge on any atom is 0.325 e. The molecule has 1 aromatic heterocycles. The molecule has 0 spiro atoms. The van der Waals surface area contributed by atoms with Crippen LogP contribution in [0.2, 0.25) is 0 Å². The van der Waals surface area contributed by atoms with Crippen molar-refractivity contribution >= 4 is 23.2 Å². The predicted octanol–water partition coefficient (Wildman–Crippen LogP) is 2.67. The highest BCUT2D eigenvalue weighted by molar-refractivity contribution is 6.00. The maximum atomic E-state index is 11.9. The fraction of sp³-hybridized carbons (Fsp3) is 0.231. The van der Waals surface area contributed by atoms with Gasteiger partial charge in [-0.15, -0.1) is 0 Å². The van der Waals surface area contributed by atoms with Gasteiger partial charge in [0.15, 0.2) is 5.82 Å². The van der Waals surface area contributed by atoms with Crippen LogP contribution in [0.4, 0.5) is 22.0 Å². The van der Waals surface area contributed by atoms with E-state index in [1.54, 1.807) is 19.9 Å². The van der Waals surface area contributed by atoms with Crippen LogP contribution >= 0.6 is 0 Å². The number of amides is 2. The van der Waals surface area contributed by atoms with E-state index in [0.717, 1.165) is 5.69 Å². The summed E-state index contributed by atoms with van der Waals surface area (Å²) in [7, 11) is 0. The number of aromatic amines is 1. The van der Waals surface area contributed by atoms with Crippen molar-refractivity contribution in [2.24, 2.45) is 0 Å². The molecule has 1 aromatic carbocycles. The van der Waals surface area contributed by atoms with Crippen molar-refractivity contribution in [3.05, 3.63) is 40.1 Å². The van der Waals surface area contributed by atoms with Gasteiger partial charge in [0.1, 0.15) is 5.75 Å². The second kappa shape index (κ2) is 6.57. The lowest BCUT2D eigenvalue weighted by Crippen LogP contribution is -2.20. The van der Waals surface area contributed by atoms with Crippen LogP contribution in [0.5, 0.6) is 5.75 Å². The number of non-ortho nitro benzene ring substituents is 1. The molecule has 3 N–H and O–H groups in total. The molecule has 22 heavy (non-hydrogen) atoms. The van der Waals surface area contributed by atoms with Crippen molar-refractivity contribution in [3.8, 4) is 5.75 Å². The summed E-state index contributed by atoms with van der Waals surface area (Å²) in [4.78, 5) is 22.2. The van der Waals surface area contributed by atoms with Crippen molar-refractivity contribution in [1.82, 2.24) is 10.2 Å². The van der Waals surface area contributed by atoms with Gasteiger partial charge in [0.05, 0.1) is 17.2 Å². The first-order valence-electron chi connectivity index (χ1n) is 6.51. The lowest BCUT2D eigenvalue weighted by Gasteiger charge is -2.11. The molecule has 0 aliphatic heterocycles. The summed E-state index contributed by atoms with van der Waals surface area (Å²) in [6.07, 6.45) is 0. The first-order valence-corrected chi connectivity index (χ1v) is 6.51. The number of nitrogens with zero attached hydrogens (tertiary/aromatic N) is 2. The van der Waals surface area contributed by atoms with Crippen LogP contribution < -0.4 is 15.4 Å². The minimum absolute atomic E-state index is 0.144. The molecular formula is C13H15N5O4. The fourth-order valence-electron chi connectivity index (χ4n) is 1.76. The molecule has 0 aliphatic rings. The lowest BCUT2D eigenvalue weighted by molar-refractivity contribution is -0.384. The Kier molecular flexibility index (Phi) is 4.57. The first-order chi connectivity index (χ1) is 10.5. The molecule has 0 radical (unpaired) electrons. The molecular weight excluding hydrogens is 290 g/mol. The number of hydrogen-bond acceptors (Lipinski definition) is 5. The molecule has 0 aliphatic carbocycles. The zero-order valence-corrected chi connectivity index (χ0v) is 12.0. The van der Waals surface area contributed by atoms with Gasteiger partial charge in [-0.05, 0) is 19.9 Å². The second-order valence-corrected chi connectivity index (χ2v) is 4.39. The molecule has 0 atom stereocenters. The average molecular weight is 305 g/mol. The largest absolute Gasteiger partial charge is 0.492 e. The Bertz CT molecular complexity index is 697. The number of carbonyl (C=O) groups is 1. The molecule has 2 rings (SSSR count). The van der Waals surface area contributed by atoms with E-state index in [9.17, 15) is 14.9 Å². The summed E-state index contributed by atoms with van der Waals surface area (Å²) in [5.74, 6) is 0.694. The van der Waals surface area contributed by atoms with Crippen LogP contribution in [0.3, 0.4) is 0 Å². The third kappa shape index (κ3) is 3.72. The summed E-state index contributed by atoms with van der Waals surface area (Å²) in [5, 5.41) is 22.4. The number of carbonyl (C=O) groups excluding carboxylic acids is 1. The van der Waals surface area contributed by atoms with Crippen LogP contribution in [0.25, 0.3) is 0 Å². The Morgan fingerprint density at radius 1 is 1.41 bits per heavy atom. The Morgan fingerprint density at radius 3 is 2.77 bits per heavy atom. The van der Waals surface area contributed by atoms with E-state index in [1.807, 2.05) is 0 Å². The Hall–Kier alpha value is -3.10. The number of ether oxygens (including phenoxy) is 1. The molecule has 0 bridgehead atoms. The highest BCUT2D eigenvalue weighted by Gasteiger charge is 2.14. The molecule has 1 heterocycles. The minimum atomic E-state index is -0.576. The number of aryl methyl sites for hydroxylation is 1. The quantitative estimate of drug-likeness (QED) is 0.579. The molecule has 0 fully saturated rings. The number of rotatable bonds is 5. The number of nitrogens with one attached hydrogen (secondary N) is 3. The van der Waals surface area contributed by atoms with Crippen LogP contribution in [-0.4, -0.2) is 27.8 Å². The smallest absolute Gasteiger partial charge is 0.325 e. The highest BCUT2D eigenvalue weighted by Crippen LogP contribution is 2.29. The monoisotopic (exact) mass is 305 g/mol. The molecule has 2 amide bonds. The van der Waals surface area contributed by atoms with Crippen LogP contribution in [0.1, 0.15) is 12.6 Å². The van der Waals surface area contributed by atoms with Gasteiger partial charge in [-0.3, -0.25) is 20.5 Å². The maximum absolute atomic E-state index is 11.9. The van der Waals surface area contributed by atoms with E-state index in [1.165, 1.54) is 18.2 Å². The number of aromatic nitrogens is 2. The van der Waals surface area contributed by atoms with Gasteiger partial charge in [0, 0.05) is 23.9 Å². The fourth-order valence-corrected chi connectivity index (χ4v) is 1.76.